The van der Waals surface area contributed by atoms with Crippen LogP contribution in [-0.2, 0) is 0 Å². The number of anilines is 1. The van der Waals surface area contributed by atoms with Gasteiger partial charge in [-0.2, -0.15) is 0 Å². The first-order chi connectivity index (χ1) is 6.50. The van der Waals surface area contributed by atoms with Crippen LogP contribution in [0.1, 0.15) is 26.3 Å². The van der Waals surface area contributed by atoms with Gasteiger partial charge in [-0.1, -0.05) is 19.9 Å². The highest BCUT2D eigenvalue weighted by Gasteiger charge is 2.07. The first-order valence-corrected chi connectivity index (χ1v) is 5.03. The lowest BCUT2D eigenvalue weighted by Gasteiger charge is -2.18. The summed E-state index contributed by atoms with van der Waals surface area (Å²) >= 11 is 0. The average molecular weight is 195 g/mol. The van der Waals surface area contributed by atoms with Crippen molar-refractivity contribution < 1.29 is 4.39 Å². The van der Waals surface area contributed by atoms with Gasteiger partial charge < -0.3 is 5.32 Å². The number of hydrogen-bond donors (Lipinski definition) is 1. The fourth-order valence-electron chi connectivity index (χ4n) is 1.11. The van der Waals surface area contributed by atoms with Crippen LogP contribution in [0, 0.1) is 18.7 Å². The lowest BCUT2D eigenvalue weighted by atomic mass is 10.1. The van der Waals surface area contributed by atoms with E-state index in [0.717, 1.165) is 5.69 Å². The molecular formula is C12H18FN. The van der Waals surface area contributed by atoms with Crippen LogP contribution in [0.2, 0.25) is 0 Å². The maximum atomic E-state index is 13.2. The molecule has 0 heterocycles. The van der Waals surface area contributed by atoms with Crippen molar-refractivity contribution in [3.05, 3.63) is 29.6 Å². The van der Waals surface area contributed by atoms with E-state index in [0.29, 0.717) is 17.5 Å². The molecule has 0 aliphatic carbocycles. The average Bonchev–Trinajstić information content (AvgIpc) is 2.11. The summed E-state index contributed by atoms with van der Waals surface area (Å²) in [4.78, 5) is 0. The van der Waals surface area contributed by atoms with Crippen molar-refractivity contribution in [2.45, 2.75) is 33.7 Å². The van der Waals surface area contributed by atoms with Crippen LogP contribution in [0.25, 0.3) is 0 Å². The van der Waals surface area contributed by atoms with Crippen molar-refractivity contribution in [1.82, 2.24) is 0 Å². The molecule has 14 heavy (non-hydrogen) atoms. The minimum atomic E-state index is -0.147. The summed E-state index contributed by atoms with van der Waals surface area (Å²) in [6, 6.07) is 5.62. The van der Waals surface area contributed by atoms with Gasteiger partial charge >= 0.3 is 0 Å². The molecule has 1 aromatic rings. The van der Waals surface area contributed by atoms with E-state index >= 15 is 0 Å². The third-order valence-corrected chi connectivity index (χ3v) is 2.57. The van der Waals surface area contributed by atoms with E-state index in [1.165, 1.54) is 0 Å². The van der Waals surface area contributed by atoms with E-state index in [9.17, 15) is 4.39 Å². The fraction of sp³-hybridized carbons (Fsp3) is 0.500. The summed E-state index contributed by atoms with van der Waals surface area (Å²) in [6.07, 6.45) is 0. The second-order valence-electron chi connectivity index (χ2n) is 4.14. The molecule has 0 bridgehead atoms. The Labute approximate surface area is 85.3 Å². The van der Waals surface area contributed by atoms with Gasteiger partial charge in [-0.15, -0.1) is 0 Å². The smallest absolute Gasteiger partial charge is 0.128 e. The Kier molecular flexibility index (Phi) is 3.50. The molecule has 1 aromatic carbocycles. The molecule has 0 aliphatic rings. The molecule has 0 radical (unpaired) electrons. The molecule has 1 unspecified atom stereocenters. The standard InChI is InChI=1S/C12H18FN/c1-8(2)10(4)14-11-6-5-9(3)12(13)7-11/h5-8,10,14H,1-4H3. The zero-order valence-corrected chi connectivity index (χ0v) is 9.26. The molecule has 1 nitrogen and oxygen atoms in total. The van der Waals surface area contributed by atoms with E-state index in [1.807, 2.05) is 6.07 Å². The molecule has 0 spiro atoms. The zero-order valence-electron chi connectivity index (χ0n) is 9.26. The second-order valence-corrected chi connectivity index (χ2v) is 4.14. The van der Waals surface area contributed by atoms with Gasteiger partial charge in [-0.3, -0.25) is 0 Å². The normalized spacial score (nSPS) is 13.0. The Bertz CT molecular complexity index is 307. The molecule has 1 atom stereocenters. The van der Waals surface area contributed by atoms with Gasteiger partial charge in [-0.05, 0) is 37.5 Å². The topological polar surface area (TPSA) is 12.0 Å². The van der Waals surface area contributed by atoms with Crippen molar-refractivity contribution >= 4 is 5.69 Å². The Morgan fingerprint density at radius 3 is 2.36 bits per heavy atom. The Balaban J connectivity index is 2.73. The second kappa shape index (κ2) is 4.45. The van der Waals surface area contributed by atoms with Gasteiger partial charge in [0.1, 0.15) is 5.82 Å². The highest BCUT2D eigenvalue weighted by atomic mass is 19.1. The molecule has 0 saturated carbocycles. The molecule has 0 fully saturated rings. The van der Waals surface area contributed by atoms with E-state index in [4.69, 9.17) is 0 Å². The van der Waals surface area contributed by atoms with Gasteiger partial charge in [0.2, 0.25) is 0 Å². The van der Waals surface area contributed by atoms with Crippen molar-refractivity contribution in [2.24, 2.45) is 5.92 Å². The molecule has 0 aliphatic heterocycles. The molecule has 2 heteroatoms. The van der Waals surface area contributed by atoms with Crippen LogP contribution in [0.3, 0.4) is 0 Å². The number of benzene rings is 1. The third-order valence-electron chi connectivity index (χ3n) is 2.57. The number of aryl methyl sites for hydroxylation is 1. The lowest BCUT2D eigenvalue weighted by molar-refractivity contribution is 0.558. The maximum Gasteiger partial charge on any atom is 0.128 e. The summed E-state index contributed by atoms with van der Waals surface area (Å²) < 4.78 is 13.2. The van der Waals surface area contributed by atoms with Crippen LogP contribution in [-0.4, -0.2) is 6.04 Å². The van der Waals surface area contributed by atoms with Gasteiger partial charge in [-0.25, -0.2) is 4.39 Å². The Morgan fingerprint density at radius 2 is 1.86 bits per heavy atom. The molecule has 0 aromatic heterocycles. The van der Waals surface area contributed by atoms with Crippen LogP contribution >= 0.6 is 0 Å². The van der Waals surface area contributed by atoms with E-state index in [1.54, 1.807) is 19.1 Å². The SMILES string of the molecule is Cc1ccc(NC(C)C(C)C)cc1F. The molecule has 78 valence electrons. The first-order valence-electron chi connectivity index (χ1n) is 5.03. The highest BCUT2D eigenvalue weighted by molar-refractivity contribution is 5.45. The van der Waals surface area contributed by atoms with Crippen molar-refractivity contribution in [2.75, 3.05) is 5.32 Å². The van der Waals surface area contributed by atoms with Crippen molar-refractivity contribution in [1.29, 1.82) is 0 Å². The van der Waals surface area contributed by atoms with Crippen LogP contribution in [0.15, 0.2) is 18.2 Å². The van der Waals surface area contributed by atoms with E-state index in [2.05, 4.69) is 26.1 Å². The Morgan fingerprint density at radius 1 is 1.21 bits per heavy atom. The van der Waals surface area contributed by atoms with Crippen LogP contribution in [0.4, 0.5) is 10.1 Å². The minimum Gasteiger partial charge on any atom is -0.382 e. The van der Waals surface area contributed by atoms with Crippen molar-refractivity contribution in [3.63, 3.8) is 0 Å². The van der Waals surface area contributed by atoms with Gasteiger partial charge in [0.05, 0.1) is 0 Å². The molecule has 1 rings (SSSR count). The number of rotatable bonds is 3. The fourth-order valence-corrected chi connectivity index (χ4v) is 1.11. The predicted octanol–water partition coefficient (Wildman–Crippen LogP) is 3.59. The molecule has 0 amide bonds. The number of nitrogens with one attached hydrogen (secondary N) is 1. The lowest BCUT2D eigenvalue weighted by Crippen LogP contribution is -2.21. The zero-order chi connectivity index (χ0) is 10.7. The summed E-state index contributed by atoms with van der Waals surface area (Å²) in [5, 5.41) is 3.27. The number of halogens is 1. The maximum absolute atomic E-state index is 13.2. The van der Waals surface area contributed by atoms with Gasteiger partial charge in [0.25, 0.3) is 0 Å². The minimum absolute atomic E-state index is 0.147. The quantitative estimate of drug-likeness (QED) is 0.777. The summed E-state index contributed by atoms with van der Waals surface area (Å²) in [6.45, 7) is 8.15. The number of hydrogen-bond acceptors (Lipinski definition) is 1. The third kappa shape index (κ3) is 2.72. The summed E-state index contributed by atoms with van der Waals surface area (Å²) in [7, 11) is 0. The molecule has 0 saturated heterocycles. The van der Waals surface area contributed by atoms with Gasteiger partial charge in [0.15, 0.2) is 0 Å². The van der Waals surface area contributed by atoms with Crippen LogP contribution < -0.4 is 5.32 Å². The van der Waals surface area contributed by atoms with E-state index < -0.39 is 0 Å². The summed E-state index contributed by atoms with van der Waals surface area (Å²) in [5.74, 6) is 0.394. The van der Waals surface area contributed by atoms with Crippen LogP contribution in [0.5, 0.6) is 0 Å². The molecule has 1 N–H and O–H groups in total. The monoisotopic (exact) mass is 195 g/mol. The highest BCUT2D eigenvalue weighted by Crippen LogP contribution is 2.16. The van der Waals surface area contributed by atoms with Crippen molar-refractivity contribution in [3.8, 4) is 0 Å². The predicted molar refractivity (Wildman–Crippen MR) is 59.1 cm³/mol. The van der Waals surface area contributed by atoms with Gasteiger partial charge in [0, 0.05) is 11.7 Å². The molecular weight excluding hydrogens is 177 g/mol. The largest absolute Gasteiger partial charge is 0.382 e. The summed E-state index contributed by atoms with van der Waals surface area (Å²) in [5.41, 5.74) is 1.54. The first kappa shape index (κ1) is 11.0. The van der Waals surface area contributed by atoms with E-state index in [-0.39, 0.29) is 5.82 Å². The Hall–Kier alpha value is -1.05.